The largest absolute Gasteiger partial charge is 0.353 e. The minimum absolute atomic E-state index is 0.206. The predicted molar refractivity (Wildman–Crippen MR) is 44.0 cm³/mol. The van der Waals surface area contributed by atoms with Crippen molar-refractivity contribution in [1.82, 2.24) is 0 Å². The third-order valence-electron chi connectivity index (χ3n) is 1.83. The highest BCUT2D eigenvalue weighted by Gasteiger charge is 2.12. The zero-order valence-corrected chi connectivity index (χ0v) is 6.53. The van der Waals surface area contributed by atoms with Crippen molar-refractivity contribution in [2.75, 3.05) is 18.2 Å². The fourth-order valence-corrected chi connectivity index (χ4v) is 1.17. The maximum absolute atomic E-state index is 12.5. The fraction of sp³-hybridized carbons (Fsp3) is 0.222. The lowest BCUT2D eigenvalue weighted by Crippen LogP contribution is -2.17. The summed E-state index contributed by atoms with van der Waals surface area (Å²) in [6.45, 7) is 3.07. The Bertz CT molecular complexity index is 254. The molecular weight excluding hydrogens is 157 g/mol. The van der Waals surface area contributed by atoms with Crippen LogP contribution in [0.1, 0.15) is 0 Å². The van der Waals surface area contributed by atoms with Crippen molar-refractivity contribution in [3.63, 3.8) is 0 Å². The van der Waals surface area contributed by atoms with Gasteiger partial charge in [0.1, 0.15) is 19.2 Å². The highest BCUT2D eigenvalue weighted by atomic mass is 19.1. The maximum atomic E-state index is 12.5. The summed E-state index contributed by atoms with van der Waals surface area (Å²) in [6.07, 6.45) is 0. The number of anilines is 1. The number of halogens is 1. The third kappa shape index (κ3) is 1.41. The van der Waals surface area contributed by atoms with Gasteiger partial charge in [-0.2, -0.15) is 0 Å². The molecule has 0 atom stereocenters. The van der Waals surface area contributed by atoms with Crippen LogP contribution in [-0.4, -0.2) is 13.3 Å². The number of nitrogens with zero attached hydrogens (tertiary/aromatic N) is 1. The summed E-state index contributed by atoms with van der Waals surface area (Å²) in [5.74, 6) is -0.206. The normalized spacial score (nSPS) is 16.9. The van der Waals surface area contributed by atoms with Crippen molar-refractivity contribution in [3.8, 4) is 0 Å². The summed E-state index contributed by atoms with van der Waals surface area (Å²) in [6, 6.07) is 6.40. The molecule has 0 aromatic heterocycles. The molecule has 3 heteroatoms. The van der Waals surface area contributed by atoms with Crippen LogP contribution in [0.2, 0.25) is 0 Å². The van der Waals surface area contributed by atoms with Crippen LogP contribution in [0.4, 0.5) is 10.1 Å². The van der Waals surface area contributed by atoms with Crippen molar-refractivity contribution >= 4 is 5.69 Å². The predicted octanol–water partition coefficient (Wildman–Crippen LogP) is 1.78. The molecule has 1 fully saturated rings. The Balaban J connectivity index is 2.17. The van der Waals surface area contributed by atoms with E-state index in [2.05, 4.69) is 0 Å². The highest BCUT2D eigenvalue weighted by molar-refractivity contribution is 5.46. The van der Waals surface area contributed by atoms with Gasteiger partial charge in [-0.15, -0.1) is 0 Å². The van der Waals surface area contributed by atoms with E-state index < -0.39 is 0 Å². The first-order valence-electron chi connectivity index (χ1n) is 3.80. The summed E-state index contributed by atoms with van der Waals surface area (Å²) >= 11 is 0. The molecule has 1 aliphatic heterocycles. The van der Waals surface area contributed by atoms with Crippen molar-refractivity contribution in [1.29, 1.82) is 0 Å². The number of hydrogen-bond donors (Lipinski definition) is 0. The van der Waals surface area contributed by atoms with E-state index >= 15 is 0 Å². The van der Waals surface area contributed by atoms with Crippen LogP contribution in [0.3, 0.4) is 0 Å². The van der Waals surface area contributed by atoms with Gasteiger partial charge in [0.15, 0.2) is 0 Å². The van der Waals surface area contributed by atoms with Gasteiger partial charge in [-0.1, -0.05) is 0 Å². The van der Waals surface area contributed by atoms with Crippen LogP contribution >= 0.6 is 0 Å². The van der Waals surface area contributed by atoms with Gasteiger partial charge in [-0.05, 0) is 24.3 Å². The second kappa shape index (κ2) is 3.11. The molecule has 0 amide bonds. The lowest BCUT2D eigenvalue weighted by molar-refractivity contribution is 0.256. The number of rotatable bonds is 1. The SMILES string of the molecule is Fc1ccc(N2C[CH]OC2)cc1. The third-order valence-corrected chi connectivity index (χ3v) is 1.83. The topological polar surface area (TPSA) is 12.5 Å². The van der Waals surface area contributed by atoms with Crippen molar-refractivity contribution < 1.29 is 9.13 Å². The molecule has 1 heterocycles. The Morgan fingerprint density at radius 3 is 2.58 bits per heavy atom. The molecule has 1 aromatic rings. The molecule has 0 unspecified atom stereocenters. The van der Waals surface area contributed by atoms with E-state index in [0.29, 0.717) is 6.73 Å². The van der Waals surface area contributed by atoms with Crippen molar-refractivity contribution in [3.05, 3.63) is 36.7 Å². The van der Waals surface area contributed by atoms with E-state index in [9.17, 15) is 4.39 Å². The van der Waals surface area contributed by atoms with E-state index in [1.807, 2.05) is 4.90 Å². The summed E-state index contributed by atoms with van der Waals surface area (Å²) in [4.78, 5) is 2.01. The Kier molecular flexibility index (Phi) is 1.96. The molecular formula is C9H9FNO. The molecule has 0 bridgehead atoms. The molecule has 12 heavy (non-hydrogen) atoms. The Morgan fingerprint density at radius 1 is 1.25 bits per heavy atom. The molecule has 63 valence electrons. The van der Waals surface area contributed by atoms with Gasteiger partial charge in [0.2, 0.25) is 0 Å². The smallest absolute Gasteiger partial charge is 0.123 e. The Morgan fingerprint density at radius 2 is 2.00 bits per heavy atom. The molecule has 2 nitrogen and oxygen atoms in total. The van der Waals surface area contributed by atoms with Gasteiger partial charge in [0, 0.05) is 12.2 Å². The van der Waals surface area contributed by atoms with E-state index in [-0.39, 0.29) is 5.82 Å². The summed E-state index contributed by atoms with van der Waals surface area (Å²) in [7, 11) is 0. The fourth-order valence-electron chi connectivity index (χ4n) is 1.17. The monoisotopic (exact) mass is 166 g/mol. The van der Waals surface area contributed by atoms with Crippen LogP contribution in [0.25, 0.3) is 0 Å². The number of ether oxygens (including phenoxy) is 1. The molecule has 1 aromatic carbocycles. The maximum Gasteiger partial charge on any atom is 0.123 e. The minimum atomic E-state index is -0.206. The first kappa shape index (κ1) is 7.55. The molecule has 0 N–H and O–H groups in total. The van der Waals surface area contributed by atoms with Gasteiger partial charge in [-0.3, -0.25) is 0 Å². The Hall–Kier alpha value is -1.09. The molecule has 2 rings (SSSR count). The van der Waals surface area contributed by atoms with Crippen LogP contribution in [-0.2, 0) is 4.74 Å². The lowest BCUT2D eigenvalue weighted by Gasteiger charge is -2.14. The zero-order chi connectivity index (χ0) is 8.39. The number of hydrogen-bond acceptors (Lipinski definition) is 2. The summed E-state index contributed by atoms with van der Waals surface area (Å²) in [5.41, 5.74) is 0.991. The zero-order valence-electron chi connectivity index (χ0n) is 6.53. The van der Waals surface area contributed by atoms with Gasteiger partial charge in [0.05, 0.1) is 0 Å². The molecule has 0 aliphatic carbocycles. The molecule has 1 aliphatic rings. The van der Waals surface area contributed by atoms with E-state index in [1.54, 1.807) is 18.7 Å². The summed E-state index contributed by atoms with van der Waals surface area (Å²) < 4.78 is 17.6. The molecule has 0 spiro atoms. The van der Waals surface area contributed by atoms with Gasteiger partial charge >= 0.3 is 0 Å². The van der Waals surface area contributed by atoms with Gasteiger partial charge in [-0.25, -0.2) is 4.39 Å². The van der Waals surface area contributed by atoms with E-state index in [0.717, 1.165) is 12.2 Å². The minimum Gasteiger partial charge on any atom is -0.353 e. The summed E-state index contributed by atoms with van der Waals surface area (Å²) in [5, 5.41) is 0. The molecule has 0 saturated carbocycles. The highest BCUT2D eigenvalue weighted by Crippen LogP contribution is 2.17. The van der Waals surface area contributed by atoms with Crippen LogP contribution < -0.4 is 4.90 Å². The van der Waals surface area contributed by atoms with Crippen molar-refractivity contribution in [2.45, 2.75) is 0 Å². The van der Waals surface area contributed by atoms with Gasteiger partial charge < -0.3 is 9.64 Å². The van der Waals surface area contributed by atoms with Crippen LogP contribution in [0.5, 0.6) is 0 Å². The average Bonchev–Trinajstić information content (AvgIpc) is 2.58. The standard InChI is InChI=1S/C9H9FNO/c10-8-1-3-9(4-2-8)11-5-6-12-7-11/h1-4,6H,5,7H2. The second-order valence-corrected chi connectivity index (χ2v) is 2.66. The average molecular weight is 166 g/mol. The Labute approximate surface area is 70.6 Å². The number of benzene rings is 1. The molecule has 1 saturated heterocycles. The first-order valence-corrected chi connectivity index (χ1v) is 3.80. The van der Waals surface area contributed by atoms with Crippen LogP contribution in [0, 0.1) is 12.4 Å². The van der Waals surface area contributed by atoms with Crippen LogP contribution in [0.15, 0.2) is 24.3 Å². The van der Waals surface area contributed by atoms with Gasteiger partial charge in [0.25, 0.3) is 0 Å². The van der Waals surface area contributed by atoms with E-state index in [4.69, 9.17) is 4.74 Å². The molecule has 1 radical (unpaired) electrons. The van der Waals surface area contributed by atoms with E-state index in [1.165, 1.54) is 12.1 Å². The van der Waals surface area contributed by atoms with Crippen molar-refractivity contribution in [2.24, 2.45) is 0 Å². The first-order chi connectivity index (χ1) is 5.86. The second-order valence-electron chi connectivity index (χ2n) is 2.66. The quantitative estimate of drug-likeness (QED) is 0.630. The lowest BCUT2D eigenvalue weighted by atomic mass is 10.3.